The van der Waals surface area contributed by atoms with Gasteiger partial charge >= 0.3 is 12.1 Å². The van der Waals surface area contributed by atoms with Crippen LogP contribution in [0.5, 0.6) is 5.75 Å². The van der Waals surface area contributed by atoms with Crippen LogP contribution in [0.2, 0.25) is 0 Å². The lowest BCUT2D eigenvalue weighted by atomic mass is 10.1. The van der Waals surface area contributed by atoms with Crippen molar-refractivity contribution < 1.29 is 45.8 Å². The Labute approximate surface area is 201 Å². The van der Waals surface area contributed by atoms with Crippen molar-refractivity contribution in [2.45, 2.75) is 44.9 Å². The van der Waals surface area contributed by atoms with Crippen LogP contribution in [0, 0.1) is 11.6 Å². The quantitative estimate of drug-likeness (QED) is 0.338. The summed E-state index contributed by atoms with van der Waals surface area (Å²) in [6.45, 7) is 1.83. The number of carbonyl (C=O) groups excluding carboxylic acids is 1. The number of carboxylic acid groups (broad SMARTS) is 1. The maximum atomic E-state index is 14.7. The summed E-state index contributed by atoms with van der Waals surface area (Å²) in [6.07, 6.45) is -5.60. The highest BCUT2D eigenvalue weighted by molar-refractivity contribution is 5.93. The Morgan fingerprint density at radius 3 is 2.36 bits per heavy atom. The maximum Gasteiger partial charge on any atom is 0.416 e. The number of carboxylic acids is 1. The second-order valence-corrected chi connectivity index (χ2v) is 7.79. The standard InChI is InChI=1S/C24H21F5N2O5/c1-2-3-16-21(12-4-6-13(7-5-12)24(27,28)29)31-23(36-16)17(10-11-18(32)33)35-15-9-8-14(25)19(20(15)26)22(30)34/h4-9,17H,2-3,10-11H2,1H3,(H2,30,34)(H,32,33). The molecule has 0 aliphatic heterocycles. The lowest BCUT2D eigenvalue weighted by molar-refractivity contribution is -0.138. The third-order valence-corrected chi connectivity index (χ3v) is 5.14. The van der Waals surface area contributed by atoms with Crippen LogP contribution in [0.25, 0.3) is 11.3 Å². The molecule has 0 radical (unpaired) electrons. The number of nitrogens with zero attached hydrogens (tertiary/aromatic N) is 1. The lowest BCUT2D eigenvalue weighted by Crippen LogP contribution is -2.17. The van der Waals surface area contributed by atoms with Crippen molar-refractivity contribution in [3.05, 3.63) is 70.8 Å². The molecule has 2 aromatic carbocycles. The van der Waals surface area contributed by atoms with E-state index in [0.717, 1.165) is 24.3 Å². The van der Waals surface area contributed by atoms with Crippen LogP contribution >= 0.6 is 0 Å². The second kappa shape index (κ2) is 10.8. The molecule has 0 spiro atoms. The number of rotatable bonds is 10. The predicted molar refractivity (Wildman–Crippen MR) is 116 cm³/mol. The molecule has 3 N–H and O–H groups in total. The average molecular weight is 512 g/mol. The molecule has 3 rings (SSSR count). The fourth-order valence-corrected chi connectivity index (χ4v) is 3.44. The van der Waals surface area contributed by atoms with E-state index < -0.39 is 59.1 Å². The summed E-state index contributed by atoms with van der Waals surface area (Å²) < 4.78 is 78.8. The van der Waals surface area contributed by atoms with E-state index >= 15 is 0 Å². The van der Waals surface area contributed by atoms with Crippen LogP contribution in [0.15, 0.2) is 40.8 Å². The number of primary amides is 1. The summed E-state index contributed by atoms with van der Waals surface area (Å²) >= 11 is 0. The minimum atomic E-state index is -4.53. The van der Waals surface area contributed by atoms with Crippen LogP contribution in [-0.4, -0.2) is 22.0 Å². The Morgan fingerprint density at radius 1 is 1.14 bits per heavy atom. The lowest BCUT2D eigenvalue weighted by Gasteiger charge is -2.17. The zero-order valence-corrected chi connectivity index (χ0v) is 18.9. The van der Waals surface area contributed by atoms with E-state index in [1.807, 2.05) is 6.92 Å². The smallest absolute Gasteiger partial charge is 0.416 e. The first-order valence-electron chi connectivity index (χ1n) is 10.8. The van der Waals surface area contributed by atoms with Crippen LogP contribution in [0.1, 0.15) is 59.9 Å². The van der Waals surface area contributed by atoms with Crippen LogP contribution in [0.3, 0.4) is 0 Å². The Hall–Kier alpha value is -3.96. The van der Waals surface area contributed by atoms with Gasteiger partial charge in [-0.1, -0.05) is 19.1 Å². The molecule has 1 amide bonds. The van der Waals surface area contributed by atoms with Crippen LogP contribution < -0.4 is 10.5 Å². The van der Waals surface area contributed by atoms with E-state index in [9.17, 15) is 31.5 Å². The van der Waals surface area contributed by atoms with E-state index in [2.05, 4.69) is 4.98 Å². The molecular weight excluding hydrogens is 491 g/mol. The predicted octanol–water partition coefficient (Wildman–Crippen LogP) is 5.67. The number of ether oxygens (including phenoxy) is 1. The van der Waals surface area contributed by atoms with Gasteiger partial charge in [-0.05, 0) is 30.7 Å². The van der Waals surface area contributed by atoms with Gasteiger partial charge in [-0.2, -0.15) is 13.2 Å². The van der Waals surface area contributed by atoms with Gasteiger partial charge in [-0.15, -0.1) is 0 Å². The molecule has 12 heteroatoms. The van der Waals surface area contributed by atoms with Gasteiger partial charge in [0.2, 0.25) is 5.89 Å². The molecule has 0 fully saturated rings. The maximum absolute atomic E-state index is 14.7. The molecule has 0 saturated carbocycles. The molecule has 192 valence electrons. The molecule has 0 aliphatic carbocycles. The molecule has 36 heavy (non-hydrogen) atoms. The average Bonchev–Trinajstić information content (AvgIpc) is 3.21. The number of benzene rings is 2. The number of amides is 1. The van der Waals surface area contributed by atoms with Gasteiger partial charge in [-0.3, -0.25) is 9.59 Å². The van der Waals surface area contributed by atoms with Gasteiger partial charge < -0.3 is 20.0 Å². The fourth-order valence-electron chi connectivity index (χ4n) is 3.44. The number of oxazole rings is 1. The number of aryl methyl sites for hydroxylation is 1. The van der Waals surface area contributed by atoms with Crippen molar-refractivity contribution in [1.29, 1.82) is 0 Å². The zero-order valence-electron chi connectivity index (χ0n) is 18.9. The highest BCUT2D eigenvalue weighted by Crippen LogP contribution is 2.35. The number of hydrogen-bond acceptors (Lipinski definition) is 5. The summed E-state index contributed by atoms with van der Waals surface area (Å²) in [4.78, 5) is 26.9. The number of aromatic nitrogens is 1. The zero-order chi connectivity index (χ0) is 26.6. The van der Waals surface area contributed by atoms with Gasteiger partial charge in [0.25, 0.3) is 5.91 Å². The third kappa shape index (κ3) is 5.99. The first kappa shape index (κ1) is 26.6. The summed E-state index contributed by atoms with van der Waals surface area (Å²) in [5.74, 6) is -5.63. The van der Waals surface area contributed by atoms with E-state index in [1.54, 1.807) is 0 Å². The van der Waals surface area contributed by atoms with E-state index in [-0.39, 0.29) is 18.0 Å². The summed E-state index contributed by atoms with van der Waals surface area (Å²) in [7, 11) is 0. The van der Waals surface area contributed by atoms with Gasteiger partial charge in [-0.25, -0.2) is 13.8 Å². The molecule has 1 atom stereocenters. The van der Waals surface area contributed by atoms with Gasteiger partial charge in [0.05, 0.1) is 5.56 Å². The highest BCUT2D eigenvalue weighted by Gasteiger charge is 2.31. The van der Waals surface area contributed by atoms with Crippen molar-refractivity contribution in [1.82, 2.24) is 4.98 Å². The van der Waals surface area contributed by atoms with Crippen molar-refractivity contribution in [3.8, 4) is 17.0 Å². The SMILES string of the molecule is CCCc1oc(C(CCC(=O)O)Oc2ccc(F)c(C(N)=O)c2F)nc1-c1ccc(C(F)(F)F)cc1. The first-order valence-corrected chi connectivity index (χ1v) is 10.8. The molecule has 1 aromatic heterocycles. The van der Waals surface area contributed by atoms with E-state index in [0.29, 0.717) is 24.2 Å². The number of carbonyl (C=O) groups is 2. The number of hydrogen-bond donors (Lipinski definition) is 2. The molecule has 0 saturated heterocycles. The summed E-state index contributed by atoms with van der Waals surface area (Å²) in [5.41, 5.74) is 3.66. The number of nitrogens with two attached hydrogens (primary N) is 1. The molecule has 1 unspecified atom stereocenters. The monoisotopic (exact) mass is 512 g/mol. The Morgan fingerprint density at radius 2 is 1.81 bits per heavy atom. The van der Waals surface area contributed by atoms with Crippen molar-refractivity contribution in [2.75, 3.05) is 0 Å². The first-order chi connectivity index (χ1) is 16.9. The van der Waals surface area contributed by atoms with Gasteiger partial charge in [0.1, 0.15) is 22.8 Å². The normalized spacial score (nSPS) is 12.4. The molecule has 3 aromatic rings. The largest absolute Gasteiger partial charge is 0.481 e. The summed E-state index contributed by atoms with van der Waals surface area (Å²) in [6, 6.07) is 5.87. The van der Waals surface area contributed by atoms with Gasteiger partial charge in [0, 0.05) is 24.8 Å². The molecule has 1 heterocycles. The van der Waals surface area contributed by atoms with Crippen molar-refractivity contribution in [2.24, 2.45) is 5.73 Å². The van der Waals surface area contributed by atoms with Crippen LogP contribution in [0.4, 0.5) is 22.0 Å². The molecule has 0 bridgehead atoms. The summed E-state index contributed by atoms with van der Waals surface area (Å²) in [5, 5.41) is 9.11. The highest BCUT2D eigenvalue weighted by atomic mass is 19.4. The Bertz CT molecular complexity index is 1260. The van der Waals surface area contributed by atoms with Gasteiger partial charge in [0.15, 0.2) is 17.7 Å². The Kier molecular flexibility index (Phi) is 7.96. The molecule has 0 aliphatic rings. The topological polar surface area (TPSA) is 116 Å². The fraction of sp³-hybridized carbons (Fsp3) is 0.292. The van der Waals surface area contributed by atoms with Crippen molar-refractivity contribution >= 4 is 11.9 Å². The van der Waals surface area contributed by atoms with Crippen LogP contribution in [-0.2, 0) is 17.4 Å². The number of halogens is 5. The minimum Gasteiger partial charge on any atom is -0.481 e. The minimum absolute atomic E-state index is 0.168. The molecule has 7 nitrogen and oxygen atoms in total. The van der Waals surface area contributed by atoms with E-state index in [4.69, 9.17) is 20.0 Å². The third-order valence-electron chi connectivity index (χ3n) is 5.14. The number of aliphatic carboxylic acids is 1. The number of alkyl halides is 3. The Balaban J connectivity index is 2.03. The molecular formula is C24H21F5N2O5. The van der Waals surface area contributed by atoms with E-state index in [1.165, 1.54) is 12.1 Å². The van der Waals surface area contributed by atoms with Crippen molar-refractivity contribution in [3.63, 3.8) is 0 Å². The second-order valence-electron chi connectivity index (χ2n) is 7.79.